The summed E-state index contributed by atoms with van der Waals surface area (Å²) in [4.78, 5) is 2.40. The quantitative estimate of drug-likeness (QED) is 0.890. The molecule has 1 heterocycles. The lowest BCUT2D eigenvalue weighted by molar-refractivity contribution is 0.144. The van der Waals surface area contributed by atoms with Crippen LogP contribution in [-0.4, -0.2) is 24.0 Å². The van der Waals surface area contributed by atoms with Gasteiger partial charge in [0, 0.05) is 25.7 Å². The van der Waals surface area contributed by atoms with Gasteiger partial charge in [0.2, 0.25) is 0 Å². The Labute approximate surface area is 109 Å². The fraction of sp³-hybridized carbons (Fsp3) is 0.600. The third kappa shape index (κ3) is 3.79. The number of nitrogens with zero attached hydrogens (tertiary/aromatic N) is 1. The largest absolute Gasteiger partial charge is 0.327 e. The van der Waals surface area contributed by atoms with Gasteiger partial charge in [-0.25, -0.2) is 4.39 Å². The molecule has 1 aliphatic heterocycles. The van der Waals surface area contributed by atoms with Crippen molar-refractivity contribution in [1.82, 2.24) is 4.90 Å². The molecule has 1 saturated heterocycles. The number of halogens is 1. The molecule has 1 fully saturated rings. The van der Waals surface area contributed by atoms with E-state index in [1.165, 1.54) is 30.5 Å². The van der Waals surface area contributed by atoms with Crippen LogP contribution in [0.4, 0.5) is 4.39 Å². The Hall–Kier alpha value is -0.930. The monoisotopic (exact) mass is 250 g/mol. The second-order valence-electron chi connectivity index (χ2n) is 5.47. The number of hydrogen-bond donors (Lipinski definition) is 1. The molecular weight excluding hydrogens is 227 g/mol. The summed E-state index contributed by atoms with van der Waals surface area (Å²) >= 11 is 0. The van der Waals surface area contributed by atoms with E-state index in [0.717, 1.165) is 32.0 Å². The molecule has 2 rings (SSSR count). The molecule has 0 spiro atoms. The predicted molar refractivity (Wildman–Crippen MR) is 72.7 cm³/mol. The molecular formula is C15H23FN2. The zero-order valence-electron chi connectivity index (χ0n) is 11.1. The van der Waals surface area contributed by atoms with E-state index in [1.54, 1.807) is 0 Å². The maximum Gasteiger partial charge on any atom is 0.123 e. The zero-order valence-corrected chi connectivity index (χ0v) is 11.1. The van der Waals surface area contributed by atoms with E-state index in [9.17, 15) is 4.39 Å². The fourth-order valence-corrected chi connectivity index (χ4v) is 2.94. The van der Waals surface area contributed by atoms with Gasteiger partial charge in [0.25, 0.3) is 0 Å². The Morgan fingerprint density at radius 2 is 2.00 bits per heavy atom. The first-order chi connectivity index (χ1) is 8.67. The lowest BCUT2D eigenvalue weighted by atomic mass is 9.91. The first kappa shape index (κ1) is 13.5. The van der Waals surface area contributed by atoms with Crippen LogP contribution in [0.5, 0.6) is 0 Å². The molecule has 0 amide bonds. The first-order valence-corrected chi connectivity index (χ1v) is 6.89. The standard InChI is InChI=1S/C15H23FN2/c1-2-3-13-8-15(17)11-18(10-13)9-12-4-6-14(16)7-5-12/h4-7,13,15H,2-3,8-11,17H2,1H3. The van der Waals surface area contributed by atoms with Crippen LogP contribution in [0.25, 0.3) is 0 Å². The summed E-state index contributed by atoms with van der Waals surface area (Å²) < 4.78 is 12.9. The molecule has 1 aromatic rings. The van der Waals surface area contributed by atoms with Crippen LogP contribution in [0.1, 0.15) is 31.7 Å². The highest BCUT2D eigenvalue weighted by atomic mass is 19.1. The van der Waals surface area contributed by atoms with Crippen molar-refractivity contribution in [2.45, 2.75) is 38.8 Å². The minimum atomic E-state index is -0.169. The average molecular weight is 250 g/mol. The normalized spacial score (nSPS) is 25.3. The Bertz CT molecular complexity index is 363. The molecule has 0 bridgehead atoms. The summed E-state index contributed by atoms with van der Waals surface area (Å²) in [5, 5.41) is 0. The fourth-order valence-electron chi connectivity index (χ4n) is 2.94. The number of benzene rings is 1. The lowest BCUT2D eigenvalue weighted by Gasteiger charge is -2.36. The van der Waals surface area contributed by atoms with Crippen LogP contribution in [-0.2, 0) is 6.54 Å². The number of likely N-dealkylation sites (tertiary alicyclic amines) is 1. The summed E-state index contributed by atoms with van der Waals surface area (Å²) in [5.74, 6) is 0.553. The first-order valence-electron chi connectivity index (χ1n) is 6.89. The van der Waals surface area contributed by atoms with E-state index >= 15 is 0 Å². The number of nitrogens with two attached hydrogens (primary N) is 1. The van der Waals surface area contributed by atoms with Gasteiger partial charge >= 0.3 is 0 Å². The van der Waals surface area contributed by atoms with Gasteiger partial charge in [-0.05, 0) is 36.5 Å². The average Bonchev–Trinajstić information content (AvgIpc) is 2.32. The van der Waals surface area contributed by atoms with Gasteiger partial charge in [0.05, 0.1) is 0 Å². The molecule has 2 nitrogen and oxygen atoms in total. The van der Waals surface area contributed by atoms with Gasteiger partial charge < -0.3 is 5.73 Å². The summed E-state index contributed by atoms with van der Waals surface area (Å²) in [6.45, 7) is 5.19. The number of rotatable bonds is 4. The highest BCUT2D eigenvalue weighted by Crippen LogP contribution is 2.21. The molecule has 1 aliphatic rings. The summed E-state index contributed by atoms with van der Waals surface area (Å²) in [7, 11) is 0. The Kier molecular flexibility index (Phi) is 4.72. The Morgan fingerprint density at radius 1 is 1.28 bits per heavy atom. The van der Waals surface area contributed by atoms with Crippen molar-refractivity contribution in [2.75, 3.05) is 13.1 Å². The van der Waals surface area contributed by atoms with Crippen LogP contribution in [0, 0.1) is 11.7 Å². The molecule has 0 saturated carbocycles. The van der Waals surface area contributed by atoms with Crippen LogP contribution < -0.4 is 5.73 Å². The molecule has 2 atom stereocenters. The van der Waals surface area contributed by atoms with Crippen molar-refractivity contribution in [2.24, 2.45) is 11.7 Å². The van der Waals surface area contributed by atoms with E-state index < -0.39 is 0 Å². The van der Waals surface area contributed by atoms with Gasteiger partial charge in [0.15, 0.2) is 0 Å². The highest BCUT2D eigenvalue weighted by molar-refractivity contribution is 5.16. The SMILES string of the molecule is CCCC1CC(N)CN(Cc2ccc(F)cc2)C1. The van der Waals surface area contributed by atoms with Crippen LogP contribution in [0.15, 0.2) is 24.3 Å². The predicted octanol–water partition coefficient (Wildman–Crippen LogP) is 2.78. The van der Waals surface area contributed by atoms with E-state index in [2.05, 4.69) is 11.8 Å². The highest BCUT2D eigenvalue weighted by Gasteiger charge is 2.24. The van der Waals surface area contributed by atoms with E-state index in [-0.39, 0.29) is 11.9 Å². The molecule has 2 N–H and O–H groups in total. The van der Waals surface area contributed by atoms with Gasteiger partial charge in [0.1, 0.15) is 5.82 Å². The lowest BCUT2D eigenvalue weighted by Crippen LogP contribution is -2.46. The minimum Gasteiger partial charge on any atom is -0.327 e. The van der Waals surface area contributed by atoms with E-state index in [0.29, 0.717) is 0 Å². The summed E-state index contributed by atoms with van der Waals surface area (Å²) in [6.07, 6.45) is 3.63. The van der Waals surface area contributed by atoms with Gasteiger partial charge in [-0.2, -0.15) is 0 Å². The minimum absolute atomic E-state index is 0.169. The number of hydrogen-bond acceptors (Lipinski definition) is 2. The van der Waals surface area contributed by atoms with Gasteiger partial charge in [-0.1, -0.05) is 25.5 Å². The molecule has 100 valence electrons. The molecule has 2 unspecified atom stereocenters. The Balaban J connectivity index is 1.93. The molecule has 0 aliphatic carbocycles. The molecule has 3 heteroatoms. The van der Waals surface area contributed by atoms with E-state index in [1.807, 2.05) is 12.1 Å². The Morgan fingerprint density at radius 3 is 2.67 bits per heavy atom. The van der Waals surface area contributed by atoms with E-state index in [4.69, 9.17) is 5.73 Å². The maximum atomic E-state index is 12.9. The van der Waals surface area contributed by atoms with Crippen LogP contribution >= 0.6 is 0 Å². The van der Waals surface area contributed by atoms with Gasteiger partial charge in [-0.15, -0.1) is 0 Å². The molecule has 0 radical (unpaired) electrons. The van der Waals surface area contributed by atoms with Crippen molar-refractivity contribution in [3.05, 3.63) is 35.6 Å². The van der Waals surface area contributed by atoms with Crippen LogP contribution in [0.3, 0.4) is 0 Å². The van der Waals surface area contributed by atoms with Crippen molar-refractivity contribution >= 4 is 0 Å². The third-order valence-electron chi connectivity index (χ3n) is 3.66. The maximum absolute atomic E-state index is 12.9. The topological polar surface area (TPSA) is 29.3 Å². The zero-order chi connectivity index (χ0) is 13.0. The van der Waals surface area contributed by atoms with Crippen molar-refractivity contribution in [1.29, 1.82) is 0 Å². The van der Waals surface area contributed by atoms with Crippen LogP contribution in [0.2, 0.25) is 0 Å². The van der Waals surface area contributed by atoms with Crippen molar-refractivity contribution < 1.29 is 4.39 Å². The summed E-state index contributed by atoms with van der Waals surface area (Å²) in [5.41, 5.74) is 7.29. The van der Waals surface area contributed by atoms with Crippen molar-refractivity contribution in [3.8, 4) is 0 Å². The second-order valence-corrected chi connectivity index (χ2v) is 5.47. The second kappa shape index (κ2) is 6.30. The smallest absolute Gasteiger partial charge is 0.123 e. The molecule has 0 aromatic heterocycles. The van der Waals surface area contributed by atoms with Crippen molar-refractivity contribution in [3.63, 3.8) is 0 Å². The molecule has 18 heavy (non-hydrogen) atoms. The number of piperidine rings is 1. The van der Waals surface area contributed by atoms with Gasteiger partial charge in [-0.3, -0.25) is 4.90 Å². The summed E-state index contributed by atoms with van der Waals surface area (Å²) in [6, 6.07) is 7.08. The third-order valence-corrected chi connectivity index (χ3v) is 3.66. The molecule has 1 aromatic carbocycles.